The van der Waals surface area contributed by atoms with E-state index in [-0.39, 0.29) is 30.0 Å². The van der Waals surface area contributed by atoms with Crippen molar-refractivity contribution in [2.45, 2.75) is 6.54 Å². The number of hydrogen-bond donors (Lipinski definition) is 1. The quantitative estimate of drug-likeness (QED) is 0.532. The Hall–Kier alpha value is -3.32. The summed E-state index contributed by atoms with van der Waals surface area (Å²) in [5.41, 5.74) is -0.0514. The number of ketones is 1. The van der Waals surface area contributed by atoms with Crippen LogP contribution in [-0.2, 0) is 11.3 Å². The highest BCUT2D eigenvalue weighted by Crippen LogP contribution is 2.14. The van der Waals surface area contributed by atoms with Gasteiger partial charge in [-0.2, -0.15) is 5.10 Å². The van der Waals surface area contributed by atoms with Crippen molar-refractivity contribution in [3.63, 3.8) is 0 Å². The summed E-state index contributed by atoms with van der Waals surface area (Å²) in [5.74, 6) is -1.15. The molecule has 0 bridgehead atoms. The number of aliphatic hydroxyl groups is 1. The van der Waals surface area contributed by atoms with Crippen LogP contribution in [0.5, 0.6) is 0 Å². The van der Waals surface area contributed by atoms with Gasteiger partial charge in [0.1, 0.15) is 0 Å². The first-order valence-corrected chi connectivity index (χ1v) is 7.98. The van der Waals surface area contributed by atoms with Crippen molar-refractivity contribution >= 4 is 22.5 Å². The number of ether oxygens (including phenoxy) is 1. The zero-order chi connectivity index (χ0) is 18.5. The van der Waals surface area contributed by atoms with E-state index >= 15 is 0 Å². The predicted octanol–water partition coefficient (Wildman–Crippen LogP) is 1.43. The Kier molecular flexibility index (Phi) is 5.19. The molecule has 0 atom stereocenters. The van der Waals surface area contributed by atoms with Gasteiger partial charge in [-0.3, -0.25) is 9.59 Å². The number of aromatic nitrogens is 2. The molecule has 0 spiro atoms. The average molecular weight is 352 g/mol. The van der Waals surface area contributed by atoms with E-state index in [9.17, 15) is 14.4 Å². The molecule has 0 aliphatic heterocycles. The lowest BCUT2D eigenvalue weighted by Crippen LogP contribution is -2.28. The van der Waals surface area contributed by atoms with Crippen LogP contribution in [0.1, 0.15) is 20.8 Å². The molecule has 0 saturated carbocycles. The SMILES string of the molecule is O=C(COC(=O)c1nn(CCO)c(=O)c2ccccc12)c1ccccc1. The molecule has 0 unspecified atom stereocenters. The van der Waals surface area contributed by atoms with Gasteiger partial charge in [0.05, 0.1) is 18.5 Å². The Labute approximate surface area is 148 Å². The number of fused-ring (bicyclic) bond motifs is 1. The Morgan fingerprint density at radius 2 is 1.65 bits per heavy atom. The van der Waals surface area contributed by atoms with E-state index in [0.717, 1.165) is 4.68 Å². The second kappa shape index (κ2) is 7.71. The van der Waals surface area contributed by atoms with E-state index in [0.29, 0.717) is 10.9 Å². The highest BCUT2D eigenvalue weighted by molar-refractivity contribution is 6.04. The number of hydrogen-bond acceptors (Lipinski definition) is 6. The van der Waals surface area contributed by atoms with Crippen molar-refractivity contribution in [3.8, 4) is 0 Å². The molecule has 7 heteroatoms. The molecule has 0 saturated heterocycles. The molecule has 132 valence electrons. The van der Waals surface area contributed by atoms with Crippen molar-refractivity contribution in [2.75, 3.05) is 13.2 Å². The lowest BCUT2D eigenvalue weighted by molar-refractivity contribution is 0.0468. The third-order valence-corrected chi connectivity index (χ3v) is 3.80. The van der Waals surface area contributed by atoms with E-state index in [1.807, 2.05) is 0 Å². The molecule has 7 nitrogen and oxygen atoms in total. The summed E-state index contributed by atoms with van der Waals surface area (Å²) in [5, 5.41) is 13.7. The van der Waals surface area contributed by atoms with E-state index in [4.69, 9.17) is 9.84 Å². The van der Waals surface area contributed by atoms with E-state index in [2.05, 4.69) is 5.10 Å². The van der Waals surface area contributed by atoms with E-state index < -0.39 is 18.1 Å². The number of Topliss-reactive ketones (excluding diaryl/α,β-unsaturated/α-hetero) is 1. The molecule has 1 aromatic heterocycles. The Morgan fingerprint density at radius 1 is 1.00 bits per heavy atom. The highest BCUT2D eigenvalue weighted by atomic mass is 16.5. The van der Waals surface area contributed by atoms with Gasteiger partial charge in [-0.1, -0.05) is 48.5 Å². The smallest absolute Gasteiger partial charge is 0.359 e. The van der Waals surface area contributed by atoms with Crippen LogP contribution < -0.4 is 5.56 Å². The lowest BCUT2D eigenvalue weighted by Gasteiger charge is -2.10. The molecule has 0 radical (unpaired) electrons. The molecule has 0 aliphatic rings. The highest BCUT2D eigenvalue weighted by Gasteiger charge is 2.19. The standard InChI is InChI=1S/C19H16N2O5/c22-11-10-21-18(24)15-9-5-4-8-14(15)17(20-21)19(25)26-12-16(23)13-6-2-1-3-7-13/h1-9,22H,10-12H2. The fraction of sp³-hybridized carbons (Fsp3) is 0.158. The first-order valence-electron chi connectivity index (χ1n) is 7.98. The monoisotopic (exact) mass is 352 g/mol. The summed E-state index contributed by atoms with van der Waals surface area (Å²) in [6.07, 6.45) is 0. The molecule has 26 heavy (non-hydrogen) atoms. The van der Waals surface area contributed by atoms with Gasteiger partial charge in [-0.15, -0.1) is 0 Å². The maximum Gasteiger partial charge on any atom is 0.359 e. The molecule has 0 amide bonds. The fourth-order valence-electron chi connectivity index (χ4n) is 2.54. The molecular weight excluding hydrogens is 336 g/mol. The largest absolute Gasteiger partial charge is 0.452 e. The first-order chi connectivity index (χ1) is 12.6. The minimum atomic E-state index is -0.808. The van der Waals surface area contributed by atoms with Crippen LogP contribution in [0.2, 0.25) is 0 Å². The Bertz CT molecular complexity index is 1010. The van der Waals surface area contributed by atoms with Gasteiger partial charge in [0.15, 0.2) is 18.1 Å². The molecular formula is C19H16N2O5. The normalized spacial score (nSPS) is 10.7. The minimum Gasteiger partial charge on any atom is -0.452 e. The molecule has 1 N–H and O–H groups in total. The summed E-state index contributed by atoms with van der Waals surface area (Å²) in [4.78, 5) is 36.9. The molecule has 0 fully saturated rings. The second-order valence-corrected chi connectivity index (χ2v) is 5.51. The third kappa shape index (κ3) is 3.52. The summed E-state index contributed by atoms with van der Waals surface area (Å²) in [7, 11) is 0. The molecule has 3 aromatic rings. The number of nitrogens with zero attached hydrogens (tertiary/aromatic N) is 2. The average Bonchev–Trinajstić information content (AvgIpc) is 2.69. The summed E-state index contributed by atoms with van der Waals surface area (Å²) in [6.45, 7) is -0.781. The first kappa shape index (κ1) is 17.5. The van der Waals surface area contributed by atoms with Gasteiger partial charge < -0.3 is 9.84 Å². The van der Waals surface area contributed by atoms with E-state index in [1.54, 1.807) is 54.6 Å². The van der Waals surface area contributed by atoms with Gasteiger partial charge in [0.25, 0.3) is 5.56 Å². The van der Waals surface area contributed by atoms with Gasteiger partial charge in [0, 0.05) is 10.9 Å². The maximum atomic E-state index is 12.4. The maximum absolute atomic E-state index is 12.4. The molecule has 1 heterocycles. The Balaban J connectivity index is 1.89. The van der Waals surface area contributed by atoms with Crippen molar-refractivity contribution in [1.82, 2.24) is 9.78 Å². The number of aliphatic hydroxyl groups excluding tert-OH is 1. The lowest BCUT2D eigenvalue weighted by atomic mass is 10.1. The van der Waals surface area contributed by atoms with E-state index in [1.165, 1.54) is 0 Å². The second-order valence-electron chi connectivity index (χ2n) is 5.51. The summed E-state index contributed by atoms with van der Waals surface area (Å²) >= 11 is 0. The number of carbonyl (C=O) groups is 2. The van der Waals surface area contributed by atoms with Crippen molar-refractivity contribution in [3.05, 3.63) is 76.2 Å². The number of rotatable bonds is 6. The van der Waals surface area contributed by atoms with Gasteiger partial charge in [-0.05, 0) is 6.07 Å². The molecule has 2 aromatic carbocycles. The fourth-order valence-corrected chi connectivity index (χ4v) is 2.54. The number of benzene rings is 2. The van der Waals surface area contributed by atoms with Crippen LogP contribution in [0.15, 0.2) is 59.4 Å². The van der Waals surface area contributed by atoms with Gasteiger partial charge in [0.2, 0.25) is 0 Å². The van der Waals surface area contributed by atoms with Crippen LogP contribution in [0, 0.1) is 0 Å². The topological polar surface area (TPSA) is 98.5 Å². The van der Waals surface area contributed by atoms with Crippen LogP contribution in [-0.4, -0.2) is 39.9 Å². The summed E-state index contributed by atoms with van der Waals surface area (Å²) < 4.78 is 6.11. The molecule has 3 rings (SSSR count). The Morgan fingerprint density at radius 3 is 2.35 bits per heavy atom. The molecule has 0 aliphatic carbocycles. The van der Waals surface area contributed by atoms with Crippen LogP contribution >= 0.6 is 0 Å². The van der Waals surface area contributed by atoms with Crippen LogP contribution in [0.25, 0.3) is 10.8 Å². The van der Waals surface area contributed by atoms with Crippen molar-refractivity contribution in [2.24, 2.45) is 0 Å². The van der Waals surface area contributed by atoms with Crippen LogP contribution in [0.4, 0.5) is 0 Å². The summed E-state index contributed by atoms with van der Waals surface area (Å²) in [6, 6.07) is 15.0. The number of esters is 1. The van der Waals surface area contributed by atoms with Gasteiger partial charge in [-0.25, -0.2) is 9.48 Å². The predicted molar refractivity (Wildman–Crippen MR) is 94.1 cm³/mol. The minimum absolute atomic E-state index is 0.0487. The van der Waals surface area contributed by atoms with Crippen LogP contribution in [0.3, 0.4) is 0 Å². The zero-order valence-electron chi connectivity index (χ0n) is 13.8. The third-order valence-electron chi connectivity index (χ3n) is 3.80. The van der Waals surface area contributed by atoms with Gasteiger partial charge >= 0.3 is 5.97 Å². The zero-order valence-corrected chi connectivity index (χ0v) is 13.8. The van der Waals surface area contributed by atoms with Crippen molar-refractivity contribution in [1.29, 1.82) is 0 Å². The number of carbonyl (C=O) groups excluding carboxylic acids is 2. The van der Waals surface area contributed by atoms with Crippen molar-refractivity contribution < 1.29 is 19.4 Å².